The average Bonchev–Trinajstić information content (AvgIpc) is 2.91. The topological polar surface area (TPSA) is 52.5 Å². The standard InChI is InChI=1S/C18H21N3O/c1-13-12-14(8-9-16(13)22-2)18-15(6-5-10-19)21-11-4-3-7-17(21)20-18/h3-4,7-9,11-12H,5-6,10,19H2,1-2H3. The van der Waals surface area contributed by atoms with Gasteiger partial charge in [0, 0.05) is 11.8 Å². The number of hydrogen-bond donors (Lipinski definition) is 1. The molecule has 2 heterocycles. The highest BCUT2D eigenvalue weighted by Crippen LogP contribution is 2.29. The number of nitrogens with zero attached hydrogens (tertiary/aromatic N) is 2. The second-order valence-corrected chi connectivity index (χ2v) is 5.41. The lowest BCUT2D eigenvalue weighted by Crippen LogP contribution is -2.03. The fourth-order valence-electron chi connectivity index (χ4n) is 2.81. The van der Waals surface area contributed by atoms with Crippen LogP contribution in [0.5, 0.6) is 5.75 Å². The molecule has 0 aliphatic rings. The lowest BCUT2D eigenvalue weighted by atomic mass is 10.0. The Morgan fingerprint density at radius 2 is 2.09 bits per heavy atom. The maximum Gasteiger partial charge on any atom is 0.137 e. The van der Waals surface area contributed by atoms with Crippen LogP contribution in [0.25, 0.3) is 16.9 Å². The first-order chi connectivity index (χ1) is 10.7. The molecule has 3 rings (SSSR count). The second kappa shape index (κ2) is 6.20. The summed E-state index contributed by atoms with van der Waals surface area (Å²) in [5.41, 5.74) is 11.1. The first-order valence-corrected chi connectivity index (χ1v) is 7.55. The number of aryl methyl sites for hydroxylation is 2. The highest BCUT2D eigenvalue weighted by molar-refractivity contribution is 5.68. The Morgan fingerprint density at radius 1 is 1.23 bits per heavy atom. The number of imidazole rings is 1. The Hall–Kier alpha value is -2.33. The van der Waals surface area contributed by atoms with Crippen LogP contribution < -0.4 is 10.5 Å². The Morgan fingerprint density at radius 3 is 2.82 bits per heavy atom. The number of benzene rings is 1. The molecule has 0 radical (unpaired) electrons. The number of pyridine rings is 1. The molecule has 0 amide bonds. The van der Waals surface area contributed by atoms with Crippen LogP contribution in [0, 0.1) is 6.92 Å². The lowest BCUT2D eigenvalue weighted by molar-refractivity contribution is 0.412. The minimum absolute atomic E-state index is 0.682. The monoisotopic (exact) mass is 295 g/mol. The summed E-state index contributed by atoms with van der Waals surface area (Å²) in [6.45, 7) is 2.73. The predicted octanol–water partition coefficient (Wildman–Crippen LogP) is 3.21. The van der Waals surface area contributed by atoms with Gasteiger partial charge in [0.1, 0.15) is 11.4 Å². The summed E-state index contributed by atoms with van der Waals surface area (Å²) in [6.07, 6.45) is 3.93. The Kier molecular flexibility index (Phi) is 4.11. The van der Waals surface area contributed by atoms with Crippen molar-refractivity contribution in [3.05, 3.63) is 53.9 Å². The zero-order valence-corrected chi connectivity index (χ0v) is 13.0. The van der Waals surface area contributed by atoms with Crippen molar-refractivity contribution in [2.75, 3.05) is 13.7 Å². The molecule has 0 spiro atoms. The van der Waals surface area contributed by atoms with Crippen LogP contribution in [0.2, 0.25) is 0 Å². The van der Waals surface area contributed by atoms with Gasteiger partial charge in [-0.15, -0.1) is 0 Å². The maximum absolute atomic E-state index is 5.69. The van der Waals surface area contributed by atoms with Crippen molar-refractivity contribution in [3.8, 4) is 17.0 Å². The fraction of sp³-hybridized carbons (Fsp3) is 0.278. The molecule has 22 heavy (non-hydrogen) atoms. The van der Waals surface area contributed by atoms with E-state index in [0.29, 0.717) is 6.54 Å². The first kappa shape index (κ1) is 14.6. The number of fused-ring (bicyclic) bond motifs is 1. The molecule has 2 N–H and O–H groups in total. The molecule has 1 aromatic carbocycles. The SMILES string of the molecule is COc1ccc(-c2nc3ccccn3c2CCCN)cc1C. The largest absolute Gasteiger partial charge is 0.496 e. The highest BCUT2D eigenvalue weighted by atomic mass is 16.5. The van der Waals surface area contributed by atoms with Crippen molar-refractivity contribution in [2.45, 2.75) is 19.8 Å². The summed E-state index contributed by atoms with van der Waals surface area (Å²) >= 11 is 0. The van der Waals surface area contributed by atoms with Crippen LogP contribution in [0.15, 0.2) is 42.6 Å². The van der Waals surface area contributed by atoms with Gasteiger partial charge >= 0.3 is 0 Å². The van der Waals surface area contributed by atoms with Gasteiger partial charge in [-0.05, 0) is 62.2 Å². The Labute approximate surface area is 130 Å². The van der Waals surface area contributed by atoms with Crippen LogP contribution in [-0.2, 0) is 6.42 Å². The van der Waals surface area contributed by atoms with E-state index in [4.69, 9.17) is 15.5 Å². The molecule has 0 fully saturated rings. The van der Waals surface area contributed by atoms with E-state index < -0.39 is 0 Å². The first-order valence-electron chi connectivity index (χ1n) is 7.55. The van der Waals surface area contributed by atoms with Gasteiger partial charge in [0.15, 0.2) is 0 Å². The van der Waals surface area contributed by atoms with E-state index >= 15 is 0 Å². The van der Waals surface area contributed by atoms with E-state index in [1.54, 1.807) is 7.11 Å². The number of hydrogen-bond acceptors (Lipinski definition) is 3. The van der Waals surface area contributed by atoms with Crippen molar-refractivity contribution in [3.63, 3.8) is 0 Å². The maximum atomic E-state index is 5.69. The van der Waals surface area contributed by atoms with Crippen molar-refractivity contribution in [1.82, 2.24) is 9.38 Å². The Balaban J connectivity index is 2.14. The van der Waals surface area contributed by atoms with Crippen LogP contribution in [-0.4, -0.2) is 23.0 Å². The zero-order chi connectivity index (χ0) is 15.5. The van der Waals surface area contributed by atoms with E-state index in [1.807, 2.05) is 24.3 Å². The zero-order valence-electron chi connectivity index (χ0n) is 13.0. The quantitative estimate of drug-likeness (QED) is 0.786. The number of ether oxygens (including phenoxy) is 1. The number of nitrogens with two attached hydrogens (primary N) is 1. The van der Waals surface area contributed by atoms with Gasteiger partial charge in [-0.25, -0.2) is 4.98 Å². The molecule has 0 saturated heterocycles. The summed E-state index contributed by atoms with van der Waals surface area (Å²) in [6, 6.07) is 12.3. The van der Waals surface area contributed by atoms with E-state index in [0.717, 1.165) is 41.1 Å². The van der Waals surface area contributed by atoms with E-state index in [-0.39, 0.29) is 0 Å². The van der Waals surface area contributed by atoms with E-state index in [9.17, 15) is 0 Å². The summed E-state index contributed by atoms with van der Waals surface area (Å²) in [7, 11) is 1.69. The summed E-state index contributed by atoms with van der Waals surface area (Å²) in [5, 5.41) is 0. The van der Waals surface area contributed by atoms with Crippen LogP contribution >= 0.6 is 0 Å². The van der Waals surface area contributed by atoms with Crippen molar-refractivity contribution in [2.24, 2.45) is 5.73 Å². The van der Waals surface area contributed by atoms with Gasteiger partial charge in [0.25, 0.3) is 0 Å². The third-order valence-electron chi connectivity index (χ3n) is 3.91. The molecule has 4 nitrogen and oxygen atoms in total. The fourth-order valence-corrected chi connectivity index (χ4v) is 2.81. The van der Waals surface area contributed by atoms with Gasteiger partial charge in [-0.1, -0.05) is 6.07 Å². The smallest absolute Gasteiger partial charge is 0.137 e. The van der Waals surface area contributed by atoms with Crippen LogP contribution in [0.4, 0.5) is 0 Å². The number of aromatic nitrogens is 2. The van der Waals surface area contributed by atoms with Gasteiger partial charge in [-0.3, -0.25) is 0 Å². The van der Waals surface area contributed by atoms with Gasteiger partial charge in [0.05, 0.1) is 18.5 Å². The molecule has 0 atom stereocenters. The van der Waals surface area contributed by atoms with Crippen LogP contribution in [0.1, 0.15) is 17.7 Å². The molecule has 114 valence electrons. The molecule has 0 unspecified atom stereocenters. The third-order valence-corrected chi connectivity index (χ3v) is 3.91. The predicted molar refractivity (Wildman–Crippen MR) is 89.3 cm³/mol. The van der Waals surface area contributed by atoms with Crippen molar-refractivity contribution >= 4 is 5.65 Å². The molecular formula is C18H21N3O. The van der Waals surface area contributed by atoms with Crippen LogP contribution in [0.3, 0.4) is 0 Å². The van der Waals surface area contributed by atoms with Gasteiger partial charge in [0.2, 0.25) is 0 Å². The van der Waals surface area contributed by atoms with E-state index in [1.165, 1.54) is 5.69 Å². The number of rotatable bonds is 5. The highest BCUT2D eigenvalue weighted by Gasteiger charge is 2.14. The van der Waals surface area contributed by atoms with Crippen molar-refractivity contribution in [1.29, 1.82) is 0 Å². The second-order valence-electron chi connectivity index (χ2n) is 5.41. The molecule has 0 bridgehead atoms. The summed E-state index contributed by atoms with van der Waals surface area (Å²) in [5.74, 6) is 0.899. The minimum Gasteiger partial charge on any atom is -0.496 e. The summed E-state index contributed by atoms with van der Waals surface area (Å²) in [4.78, 5) is 4.81. The average molecular weight is 295 g/mol. The lowest BCUT2D eigenvalue weighted by Gasteiger charge is -2.08. The molecule has 0 saturated carbocycles. The van der Waals surface area contributed by atoms with E-state index in [2.05, 4.69) is 29.7 Å². The normalized spacial score (nSPS) is 11.0. The Bertz CT molecular complexity index is 792. The van der Waals surface area contributed by atoms with Gasteiger partial charge in [-0.2, -0.15) is 0 Å². The molecule has 0 aliphatic carbocycles. The van der Waals surface area contributed by atoms with Crippen molar-refractivity contribution < 1.29 is 4.74 Å². The molecule has 3 aromatic rings. The van der Waals surface area contributed by atoms with Gasteiger partial charge < -0.3 is 14.9 Å². The summed E-state index contributed by atoms with van der Waals surface area (Å²) < 4.78 is 7.51. The molecule has 4 heteroatoms. The number of methoxy groups -OCH3 is 1. The molecule has 2 aromatic heterocycles. The minimum atomic E-state index is 0.682. The third kappa shape index (κ3) is 2.57. The molecular weight excluding hydrogens is 274 g/mol. The molecule has 0 aliphatic heterocycles.